The van der Waals surface area contributed by atoms with Crippen molar-refractivity contribution in [1.29, 1.82) is 0 Å². The lowest BCUT2D eigenvalue weighted by Crippen LogP contribution is -2.02. The van der Waals surface area contributed by atoms with E-state index in [1.807, 2.05) is 22.6 Å². The van der Waals surface area contributed by atoms with Gasteiger partial charge < -0.3 is 5.73 Å². The molecule has 1 heterocycles. The Morgan fingerprint density at radius 3 is 2.62 bits per heavy atom. The number of nitrogens with zero attached hydrogens (tertiary/aromatic N) is 1. The van der Waals surface area contributed by atoms with Gasteiger partial charge in [-0.3, -0.25) is 0 Å². The Labute approximate surface area is 96.2 Å². The Hall–Kier alpha value is 0.0200. The molecule has 0 spiro atoms. The minimum atomic E-state index is -2.57. The van der Waals surface area contributed by atoms with E-state index < -0.39 is 6.43 Å². The number of nitrogens with two attached hydrogens (primary N) is 1. The van der Waals surface area contributed by atoms with Crippen molar-refractivity contribution in [1.82, 2.24) is 4.98 Å². The fourth-order valence-corrected chi connectivity index (χ4v) is 2.72. The van der Waals surface area contributed by atoms with Crippen LogP contribution in [0.4, 0.5) is 14.6 Å². The van der Waals surface area contributed by atoms with Crippen molar-refractivity contribution >= 4 is 44.3 Å². The summed E-state index contributed by atoms with van der Waals surface area (Å²) in [5, 5.41) is 0.521. The molecule has 6 heteroatoms. The lowest BCUT2D eigenvalue weighted by Gasteiger charge is -2.07. The molecular weight excluding hydrogens is 357 g/mol. The molecule has 0 bridgehead atoms. The first-order valence-electron chi connectivity index (χ1n) is 3.35. The molecule has 0 radical (unpaired) electrons. The second kappa shape index (κ2) is 4.50. The summed E-state index contributed by atoms with van der Waals surface area (Å²) in [6.07, 6.45) is -2.57. The van der Waals surface area contributed by atoms with Crippen molar-refractivity contribution in [3.63, 3.8) is 0 Å². The van der Waals surface area contributed by atoms with Gasteiger partial charge in [0.1, 0.15) is 11.5 Å². The first-order chi connectivity index (χ1) is 6.06. The van der Waals surface area contributed by atoms with Gasteiger partial charge in [0.15, 0.2) is 0 Å². The van der Waals surface area contributed by atoms with Gasteiger partial charge in [0.2, 0.25) is 0 Å². The second-order valence-electron chi connectivity index (χ2n) is 2.33. The van der Waals surface area contributed by atoms with Gasteiger partial charge >= 0.3 is 0 Å². The minimum Gasteiger partial charge on any atom is -0.383 e. The number of alkyl halides is 3. The van der Waals surface area contributed by atoms with Crippen molar-refractivity contribution < 1.29 is 8.78 Å². The average molecular weight is 363 g/mol. The molecule has 0 fully saturated rings. The molecule has 1 aromatic heterocycles. The van der Waals surface area contributed by atoms with E-state index >= 15 is 0 Å². The molecule has 0 amide bonds. The van der Waals surface area contributed by atoms with Gasteiger partial charge in [-0.1, -0.05) is 15.9 Å². The van der Waals surface area contributed by atoms with Crippen LogP contribution in [0, 0.1) is 3.57 Å². The van der Waals surface area contributed by atoms with Crippen LogP contribution in [0.2, 0.25) is 0 Å². The molecule has 0 atom stereocenters. The number of halogens is 4. The summed E-state index contributed by atoms with van der Waals surface area (Å²) in [4.78, 5) is 3.60. The predicted octanol–water partition coefficient (Wildman–Crippen LogP) is 3.10. The van der Waals surface area contributed by atoms with E-state index in [0.29, 0.717) is 8.90 Å². The zero-order valence-corrected chi connectivity index (χ0v) is 10.1. The Morgan fingerprint density at radius 1 is 1.62 bits per heavy atom. The van der Waals surface area contributed by atoms with Crippen molar-refractivity contribution in [3.05, 3.63) is 20.9 Å². The summed E-state index contributed by atoms with van der Waals surface area (Å²) in [5.74, 6) is 0.166. The fourth-order valence-electron chi connectivity index (χ4n) is 0.822. The number of nitrogen functional groups attached to an aromatic ring is 1. The van der Waals surface area contributed by atoms with E-state index in [1.54, 1.807) is 0 Å². The topological polar surface area (TPSA) is 38.9 Å². The van der Waals surface area contributed by atoms with Crippen LogP contribution >= 0.6 is 38.5 Å². The van der Waals surface area contributed by atoms with E-state index in [2.05, 4.69) is 20.9 Å². The zero-order chi connectivity index (χ0) is 10.0. The summed E-state index contributed by atoms with van der Waals surface area (Å²) >= 11 is 5.17. The van der Waals surface area contributed by atoms with Crippen LogP contribution in [0.25, 0.3) is 0 Å². The third-order valence-corrected chi connectivity index (χ3v) is 3.00. The average Bonchev–Trinajstić information content (AvgIpc) is 2.03. The quantitative estimate of drug-likeness (QED) is 0.648. The van der Waals surface area contributed by atoms with Crippen molar-refractivity contribution in [2.24, 2.45) is 0 Å². The molecular formula is C7H6BrF2IN2. The highest BCUT2D eigenvalue weighted by Crippen LogP contribution is 2.25. The molecule has 2 N–H and O–H groups in total. The van der Waals surface area contributed by atoms with E-state index in [0.717, 1.165) is 5.56 Å². The number of rotatable bonds is 2. The molecule has 1 rings (SSSR count). The van der Waals surface area contributed by atoms with Gasteiger partial charge in [0.25, 0.3) is 6.43 Å². The first-order valence-corrected chi connectivity index (χ1v) is 5.55. The Balaban J connectivity index is 3.20. The lowest BCUT2D eigenvalue weighted by molar-refractivity contribution is 0.146. The van der Waals surface area contributed by atoms with E-state index in [1.165, 1.54) is 6.07 Å². The predicted molar refractivity (Wildman–Crippen MR) is 59.0 cm³/mol. The second-order valence-corrected chi connectivity index (χ2v) is 4.05. The van der Waals surface area contributed by atoms with E-state index in [4.69, 9.17) is 5.73 Å². The largest absolute Gasteiger partial charge is 0.383 e. The molecule has 1 aromatic rings. The standard InChI is InChI=1S/C7H6BrF2IN2/c8-2-3-4(11)1-5(6(9)10)13-7(3)12/h1,6H,2H2,(H2,12,13). The number of hydrogen-bond donors (Lipinski definition) is 1. The van der Waals surface area contributed by atoms with Crippen LogP contribution in [0.1, 0.15) is 17.7 Å². The van der Waals surface area contributed by atoms with Crippen LogP contribution in [-0.4, -0.2) is 4.98 Å². The number of aromatic nitrogens is 1. The van der Waals surface area contributed by atoms with E-state index in [-0.39, 0.29) is 11.5 Å². The van der Waals surface area contributed by atoms with Crippen LogP contribution in [-0.2, 0) is 5.33 Å². The zero-order valence-electron chi connectivity index (χ0n) is 6.40. The molecule has 13 heavy (non-hydrogen) atoms. The van der Waals surface area contributed by atoms with Gasteiger partial charge in [0.05, 0.1) is 0 Å². The number of pyridine rings is 1. The van der Waals surface area contributed by atoms with E-state index in [9.17, 15) is 8.78 Å². The lowest BCUT2D eigenvalue weighted by atomic mass is 10.2. The molecule has 0 unspecified atom stereocenters. The molecule has 2 nitrogen and oxygen atoms in total. The normalized spacial score (nSPS) is 10.8. The first kappa shape index (κ1) is 11.1. The smallest absolute Gasteiger partial charge is 0.280 e. The van der Waals surface area contributed by atoms with Gasteiger partial charge in [-0.15, -0.1) is 0 Å². The van der Waals surface area contributed by atoms with Crippen LogP contribution in [0.15, 0.2) is 6.07 Å². The highest BCUT2D eigenvalue weighted by molar-refractivity contribution is 14.1. The molecule has 0 aromatic carbocycles. The van der Waals surface area contributed by atoms with Crippen LogP contribution in [0.5, 0.6) is 0 Å². The Kier molecular flexibility index (Phi) is 3.84. The Morgan fingerprint density at radius 2 is 2.23 bits per heavy atom. The van der Waals surface area contributed by atoms with Crippen molar-refractivity contribution in [2.75, 3.05) is 5.73 Å². The molecule has 0 aliphatic heterocycles. The van der Waals surface area contributed by atoms with Gasteiger partial charge in [0, 0.05) is 14.5 Å². The fraction of sp³-hybridized carbons (Fsp3) is 0.286. The number of hydrogen-bond acceptors (Lipinski definition) is 2. The molecule has 72 valence electrons. The van der Waals surface area contributed by atoms with Gasteiger partial charge in [-0.05, 0) is 28.7 Å². The summed E-state index contributed by atoms with van der Waals surface area (Å²) in [7, 11) is 0. The third kappa shape index (κ3) is 2.49. The minimum absolute atomic E-state index is 0.166. The highest BCUT2D eigenvalue weighted by atomic mass is 127. The van der Waals surface area contributed by atoms with Gasteiger partial charge in [-0.25, -0.2) is 13.8 Å². The maximum atomic E-state index is 12.2. The van der Waals surface area contributed by atoms with Gasteiger partial charge in [-0.2, -0.15) is 0 Å². The number of anilines is 1. The molecule has 0 saturated carbocycles. The van der Waals surface area contributed by atoms with Crippen molar-refractivity contribution in [2.45, 2.75) is 11.8 Å². The molecule has 0 saturated heterocycles. The summed E-state index contributed by atoms with van der Waals surface area (Å²) in [6.45, 7) is 0. The highest BCUT2D eigenvalue weighted by Gasteiger charge is 2.13. The third-order valence-electron chi connectivity index (χ3n) is 1.48. The van der Waals surface area contributed by atoms with Crippen LogP contribution < -0.4 is 5.73 Å². The Bertz CT molecular complexity index is 296. The molecule has 0 aliphatic rings. The summed E-state index contributed by atoms with van der Waals surface area (Å²) < 4.78 is 25.2. The maximum absolute atomic E-state index is 12.2. The van der Waals surface area contributed by atoms with Crippen molar-refractivity contribution in [3.8, 4) is 0 Å². The summed E-state index contributed by atoms with van der Waals surface area (Å²) in [5.41, 5.74) is 5.97. The summed E-state index contributed by atoms with van der Waals surface area (Å²) in [6, 6.07) is 1.35. The maximum Gasteiger partial charge on any atom is 0.280 e. The monoisotopic (exact) mass is 362 g/mol. The van der Waals surface area contributed by atoms with Crippen LogP contribution in [0.3, 0.4) is 0 Å². The molecule has 0 aliphatic carbocycles. The SMILES string of the molecule is Nc1nc(C(F)F)cc(I)c1CBr.